The van der Waals surface area contributed by atoms with Crippen LogP contribution < -0.4 is 5.32 Å². The summed E-state index contributed by atoms with van der Waals surface area (Å²) >= 11 is 0. The summed E-state index contributed by atoms with van der Waals surface area (Å²) in [7, 11) is 0. The molecular weight excluding hydrogens is 170 g/mol. The fourth-order valence-corrected chi connectivity index (χ4v) is 0.789. The summed E-state index contributed by atoms with van der Waals surface area (Å²) in [6.45, 7) is 4.91. The van der Waals surface area contributed by atoms with Crippen LogP contribution in [0.25, 0.3) is 0 Å². The molecule has 4 nitrogen and oxygen atoms in total. The van der Waals surface area contributed by atoms with Crippen molar-refractivity contribution in [3.63, 3.8) is 0 Å². The van der Waals surface area contributed by atoms with Crippen LogP contribution >= 0.6 is 0 Å². The first-order chi connectivity index (χ1) is 6.27. The number of hydrogen-bond acceptors (Lipinski definition) is 3. The van der Waals surface area contributed by atoms with Crippen molar-refractivity contribution < 1.29 is 14.6 Å². The second-order valence-electron chi connectivity index (χ2n) is 2.50. The van der Waals surface area contributed by atoms with Gasteiger partial charge in [-0.15, -0.1) is 0 Å². The van der Waals surface area contributed by atoms with Crippen LogP contribution in [-0.2, 0) is 9.53 Å². The van der Waals surface area contributed by atoms with E-state index in [4.69, 9.17) is 9.84 Å². The van der Waals surface area contributed by atoms with Crippen LogP contribution in [0.3, 0.4) is 0 Å². The van der Waals surface area contributed by atoms with Crippen LogP contribution in [-0.4, -0.2) is 37.4 Å². The van der Waals surface area contributed by atoms with Gasteiger partial charge in [0, 0.05) is 25.8 Å². The quantitative estimate of drug-likeness (QED) is 0.432. The van der Waals surface area contributed by atoms with Crippen LogP contribution in [0, 0.1) is 0 Å². The molecule has 0 rings (SSSR count). The Hall–Kier alpha value is -0.870. The Labute approximate surface area is 78.6 Å². The van der Waals surface area contributed by atoms with Crippen molar-refractivity contribution >= 4 is 5.97 Å². The maximum Gasteiger partial charge on any atom is 0.328 e. The molecule has 0 atom stereocenters. The molecule has 13 heavy (non-hydrogen) atoms. The fourth-order valence-electron chi connectivity index (χ4n) is 0.789. The van der Waals surface area contributed by atoms with E-state index in [1.54, 1.807) is 6.08 Å². The molecule has 0 aliphatic rings. The second-order valence-corrected chi connectivity index (χ2v) is 2.50. The van der Waals surface area contributed by atoms with Gasteiger partial charge in [-0.3, -0.25) is 0 Å². The third kappa shape index (κ3) is 11.1. The largest absolute Gasteiger partial charge is 0.478 e. The average molecular weight is 187 g/mol. The van der Waals surface area contributed by atoms with Crippen LogP contribution in [0.5, 0.6) is 0 Å². The molecule has 0 aromatic rings. The van der Waals surface area contributed by atoms with Crippen molar-refractivity contribution in [1.82, 2.24) is 5.32 Å². The Bertz CT molecular complexity index is 157. The van der Waals surface area contributed by atoms with Gasteiger partial charge < -0.3 is 15.2 Å². The van der Waals surface area contributed by atoms with Crippen molar-refractivity contribution in [1.29, 1.82) is 0 Å². The van der Waals surface area contributed by atoms with E-state index in [0.29, 0.717) is 6.54 Å². The number of carbonyl (C=O) groups is 1. The summed E-state index contributed by atoms with van der Waals surface area (Å²) in [5.41, 5.74) is 0. The summed E-state index contributed by atoms with van der Waals surface area (Å²) < 4.78 is 5.13. The van der Waals surface area contributed by atoms with Crippen molar-refractivity contribution in [2.45, 2.75) is 13.3 Å². The number of carboxylic acid groups (broad SMARTS) is 1. The summed E-state index contributed by atoms with van der Waals surface area (Å²) in [4.78, 5) is 10.0. The maximum atomic E-state index is 10.0. The number of nitrogens with one attached hydrogen (secondary N) is 1. The highest BCUT2D eigenvalue weighted by atomic mass is 16.5. The van der Waals surface area contributed by atoms with Crippen molar-refractivity contribution in [3.05, 3.63) is 12.2 Å². The standard InChI is InChI=1S/C9H17NO3/c1-2-13-8-4-7-10-6-3-5-9(11)12/h3,5,10H,2,4,6-8H2,1H3,(H,11,12)/b5-3+. The highest BCUT2D eigenvalue weighted by molar-refractivity contribution is 5.79. The van der Waals surface area contributed by atoms with Gasteiger partial charge in [-0.2, -0.15) is 0 Å². The molecule has 0 heterocycles. The highest BCUT2D eigenvalue weighted by Crippen LogP contribution is 1.80. The Morgan fingerprint density at radius 2 is 2.38 bits per heavy atom. The first-order valence-electron chi connectivity index (χ1n) is 4.45. The molecule has 2 N–H and O–H groups in total. The van der Waals surface area contributed by atoms with E-state index in [2.05, 4.69) is 5.32 Å². The van der Waals surface area contributed by atoms with E-state index >= 15 is 0 Å². The molecule has 0 radical (unpaired) electrons. The van der Waals surface area contributed by atoms with E-state index in [9.17, 15) is 4.79 Å². The van der Waals surface area contributed by atoms with Gasteiger partial charge in [0.25, 0.3) is 0 Å². The van der Waals surface area contributed by atoms with Crippen LogP contribution in [0.4, 0.5) is 0 Å². The molecule has 4 heteroatoms. The van der Waals surface area contributed by atoms with Crippen LogP contribution in [0.15, 0.2) is 12.2 Å². The monoisotopic (exact) mass is 187 g/mol. The Morgan fingerprint density at radius 3 is 3.00 bits per heavy atom. The second kappa shape index (κ2) is 9.22. The smallest absolute Gasteiger partial charge is 0.328 e. The Morgan fingerprint density at radius 1 is 1.62 bits per heavy atom. The first-order valence-corrected chi connectivity index (χ1v) is 4.45. The highest BCUT2D eigenvalue weighted by Gasteiger charge is 1.87. The normalized spacial score (nSPS) is 10.8. The van der Waals surface area contributed by atoms with E-state index < -0.39 is 5.97 Å². The van der Waals surface area contributed by atoms with E-state index in [0.717, 1.165) is 32.3 Å². The molecule has 0 aromatic carbocycles. The Kier molecular flexibility index (Phi) is 8.60. The van der Waals surface area contributed by atoms with E-state index in [1.807, 2.05) is 6.92 Å². The summed E-state index contributed by atoms with van der Waals surface area (Å²) in [6, 6.07) is 0. The molecule has 0 amide bonds. The first kappa shape index (κ1) is 12.1. The number of hydrogen-bond donors (Lipinski definition) is 2. The van der Waals surface area contributed by atoms with Crippen LogP contribution in [0.1, 0.15) is 13.3 Å². The van der Waals surface area contributed by atoms with Crippen molar-refractivity contribution in [3.8, 4) is 0 Å². The molecule has 0 saturated heterocycles. The predicted molar refractivity (Wildman–Crippen MR) is 50.8 cm³/mol. The summed E-state index contributed by atoms with van der Waals surface area (Å²) in [5.74, 6) is -0.906. The Balaban J connectivity index is 3.03. The molecule has 0 saturated carbocycles. The van der Waals surface area contributed by atoms with Gasteiger partial charge in [0.1, 0.15) is 0 Å². The molecular formula is C9H17NO3. The zero-order valence-electron chi connectivity index (χ0n) is 7.95. The lowest BCUT2D eigenvalue weighted by molar-refractivity contribution is -0.131. The molecule has 76 valence electrons. The minimum atomic E-state index is -0.906. The molecule has 0 aliphatic carbocycles. The molecule has 0 bridgehead atoms. The van der Waals surface area contributed by atoms with Crippen molar-refractivity contribution in [2.75, 3.05) is 26.3 Å². The fraction of sp³-hybridized carbons (Fsp3) is 0.667. The summed E-state index contributed by atoms with van der Waals surface area (Å²) in [6.07, 6.45) is 3.67. The zero-order chi connectivity index (χ0) is 9.94. The average Bonchev–Trinajstić information content (AvgIpc) is 2.09. The topological polar surface area (TPSA) is 58.6 Å². The van der Waals surface area contributed by atoms with Gasteiger partial charge >= 0.3 is 5.97 Å². The maximum absolute atomic E-state index is 10.0. The minimum Gasteiger partial charge on any atom is -0.478 e. The molecule has 0 fully saturated rings. The molecule has 0 unspecified atom stereocenters. The molecule has 0 aromatic heterocycles. The van der Waals surface area contributed by atoms with Crippen LogP contribution in [0.2, 0.25) is 0 Å². The zero-order valence-corrected chi connectivity index (χ0v) is 7.95. The van der Waals surface area contributed by atoms with E-state index in [-0.39, 0.29) is 0 Å². The van der Waals surface area contributed by atoms with Gasteiger partial charge in [-0.1, -0.05) is 6.08 Å². The van der Waals surface area contributed by atoms with Gasteiger partial charge in [-0.25, -0.2) is 4.79 Å². The third-order valence-corrected chi connectivity index (χ3v) is 1.37. The number of aliphatic carboxylic acids is 1. The van der Waals surface area contributed by atoms with Gasteiger partial charge in [0.2, 0.25) is 0 Å². The number of rotatable bonds is 8. The van der Waals surface area contributed by atoms with Gasteiger partial charge in [-0.05, 0) is 19.9 Å². The minimum absolute atomic E-state index is 0.596. The lowest BCUT2D eigenvalue weighted by Gasteiger charge is -2.01. The lowest BCUT2D eigenvalue weighted by atomic mass is 10.4. The van der Waals surface area contributed by atoms with Gasteiger partial charge in [0.05, 0.1) is 0 Å². The third-order valence-electron chi connectivity index (χ3n) is 1.37. The molecule has 0 spiro atoms. The van der Waals surface area contributed by atoms with E-state index in [1.165, 1.54) is 0 Å². The van der Waals surface area contributed by atoms with Crippen molar-refractivity contribution in [2.24, 2.45) is 0 Å². The molecule has 0 aliphatic heterocycles. The van der Waals surface area contributed by atoms with Gasteiger partial charge in [0.15, 0.2) is 0 Å². The number of carboxylic acids is 1. The SMILES string of the molecule is CCOCCCNC/C=C/C(=O)O. The predicted octanol–water partition coefficient (Wildman–Crippen LogP) is 0.643. The number of ether oxygens (including phenoxy) is 1. The summed E-state index contributed by atoms with van der Waals surface area (Å²) in [5, 5.41) is 11.3. The lowest BCUT2D eigenvalue weighted by Crippen LogP contribution is -2.16.